The van der Waals surface area contributed by atoms with Crippen LogP contribution in [0.2, 0.25) is 5.02 Å². The van der Waals surface area contributed by atoms with Gasteiger partial charge in [0.1, 0.15) is 28.6 Å². The van der Waals surface area contributed by atoms with Crippen molar-refractivity contribution in [3.8, 4) is 5.75 Å². The molecule has 0 unspecified atom stereocenters. The van der Waals surface area contributed by atoms with E-state index >= 15 is 0 Å². The second-order valence-corrected chi connectivity index (χ2v) is 16.8. The molecule has 2 saturated heterocycles. The number of hydrogen-bond donors (Lipinski definition) is 3. The molecule has 3 aliphatic heterocycles. The van der Waals surface area contributed by atoms with E-state index in [2.05, 4.69) is 19.2 Å². The van der Waals surface area contributed by atoms with Gasteiger partial charge in [-0.3, -0.25) is 14.9 Å². The molecule has 4 rings (SSSR count). The fourth-order valence-corrected chi connectivity index (χ4v) is 6.88. The molecule has 0 saturated carbocycles. The number of nitrogens with zero attached hydrogens (tertiary/aromatic N) is 2. The number of nitrogens with one attached hydrogen (secondary N) is 1. The maximum Gasteiger partial charge on any atom is 0.409 e. The molecule has 6 atom stereocenters. The smallest absolute Gasteiger partial charge is 0.409 e. The van der Waals surface area contributed by atoms with Crippen LogP contribution in [0.5, 0.6) is 5.75 Å². The van der Waals surface area contributed by atoms with E-state index in [4.69, 9.17) is 30.9 Å². The standard InChI is InChI=1S/C27H35ClN2O6.C11H21NO3S/c1-16-8-6-7-10-27(33)15-21(35-25(32)29-27)17(2)24-26(3,36-24)11-9-22(31)30(4)19-13-18(12-16)14-20(34-5)23(19)28;1-8(10(14)15)12(4)9(13)6-7-11(2,3)16-5/h6-8,13-14,17,21,24,33H,9-12,15H2,1-5H3,(H,29,32);8H,6-7H2,1-5H3,(H,14,15)/b7-6+,16-8+;/t17-,21+,24+,26+,27-;8-/m10/s1. The van der Waals surface area contributed by atoms with E-state index < -0.39 is 35.5 Å². The number of hydrogen-bond acceptors (Lipinski definition) is 9. The number of benzene rings is 1. The van der Waals surface area contributed by atoms with Crippen molar-refractivity contribution in [1.29, 1.82) is 0 Å². The van der Waals surface area contributed by atoms with Gasteiger partial charge < -0.3 is 34.2 Å². The maximum atomic E-state index is 13.2. The fraction of sp³-hybridized carbons (Fsp3) is 0.632. The van der Waals surface area contributed by atoms with E-state index in [-0.39, 0.29) is 47.8 Å². The quantitative estimate of drug-likeness (QED) is 0.267. The van der Waals surface area contributed by atoms with Gasteiger partial charge in [0.2, 0.25) is 11.8 Å². The Balaban J connectivity index is 0.000000385. The van der Waals surface area contributed by atoms with Gasteiger partial charge in [0.25, 0.3) is 0 Å². The van der Waals surface area contributed by atoms with Crippen LogP contribution in [-0.2, 0) is 30.3 Å². The Morgan fingerprint density at radius 3 is 2.58 bits per heavy atom. The number of rotatable bonds is 7. The first kappa shape index (κ1) is 43.1. The summed E-state index contributed by atoms with van der Waals surface area (Å²) in [6.07, 6.45) is 9.36. The van der Waals surface area contributed by atoms with Crippen molar-refractivity contribution < 1.29 is 43.6 Å². The lowest BCUT2D eigenvalue weighted by molar-refractivity contribution is -0.148. The number of carbonyl (C=O) groups is 4. The number of halogens is 1. The Bertz CT molecular complexity index is 1550. The molecule has 1 aromatic carbocycles. The molecule has 0 radical (unpaired) electrons. The lowest BCUT2D eigenvalue weighted by Crippen LogP contribution is -2.57. The number of carbonyl (C=O) groups excluding carboxylic acids is 3. The van der Waals surface area contributed by atoms with Crippen LogP contribution in [0.15, 0.2) is 35.9 Å². The molecule has 3 aliphatic rings. The molecule has 290 valence electrons. The third-order valence-corrected chi connectivity index (χ3v) is 12.0. The van der Waals surface area contributed by atoms with Gasteiger partial charge in [-0.2, -0.15) is 11.8 Å². The number of allylic oxidation sites excluding steroid dienone is 3. The molecule has 1 aromatic rings. The van der Waals surface area contributed by atoms with Crippen LogP contribution >= 0.6 is 23.4 Å². The number of likely N-dealkylation sites (N-methyl/N-ethyl adjacent to an activating group) is 1. The number of carboxylic acids is 1. The number of fused-ring (bicyclic) bond motifs is 5. The summed E-state index contributed by atoms with van der Waals surface area (Å²) in [4.78, 5) is 50.7. The van der Waals surface area contributed by atoms with Crippen molar-refractivity contribution in [2.24, 2.45) is 5.92 Å². The summed E-state index contributed by atoms with van der Waals surface area (Å²) in [6.45, 7) is 11.6. The number of carboxylic acid groups (broad SMARTS) is 1. The van der Waals surface area contributed by atoms with Crippen LogP contribution in [0, 0.1) is 5.92 Å². The highest BCUT2D eigenvalue weighted by Gasteiger charge is 2.58. The molecule has 12 nitrogen and oxygen atoms in total. The summed E-state index contributed by atoms with van der Waals surface area (Å²) in [5.74, 6) is -0.814. The number of epoxide rings is 1. The summed E-state index contributed by atoms with van der Waals surface area (Å²) in [6, 6.07) is 3.03. The van der Waals surface area contributed by atoms with E-state index in [9.17, 15) is 24.3 Å². The first-order chi connectivity index (χ1) is 24.2. The third kappa shape index (κ3) is 11.4. The fourth-order valence-electron chi connectivity index (χ4n) is 6.26. The first-order valence-corrected chi connectivity index (χ1v) is 19.1. The lowest BCUT2D eigenvalue weighted by atomic mass is 9.85. The number of aliphatic carboxylic acids is 1. The summed E-state index contributed by atoms with van der Waals surface area (Å²) in [7, 11) is 4.80. The maximum absolute atomic E-state index is 13.2. The Labute approximate surface area is 317 Å². The summed E-state index contributed by atoms with van der Waals surface area (Å²) in [5.41, 5.74) is 0.692. The third-order valence-electron chi connectivity index (χ3n) is 10.3. The summed E-state index contributed by atoms with van der Waals surface area (Å²) >= 11 is 8.30. The molecule has 2 fully saturated rings. The van der Waals surface area contributed by atoms with Gasteiger partial charge in [0.15, 0.2) is 0 Å². The number of anilines is 1. The molecule has 0 spiro atoms. The predicted octanol–water partition coefficient (Wildman–Crippen LogP) is 6.36. The van der Waals surface area contributed by atoms with Gasteiger partial charge in [-0.05, 0) is 64.0 Å². The zero-order chi connectivity index (χ0) is 39.2. The summed E-state index contributed by atoms with van der Waals surface area (Å²) < 4.78 is 17.1. The molecule has 0 aromatic heterocycles. The van der Waals surface area contributed by atoms with Gasteiger partial charge in [0, 0.05) is 50.4 Å². The van der Waals surface area contributed by atoms with Gasteiger partial charge in [-0.1, -0.05) is 56.2 Å². The van der Waals surface area contributed by atoms with Gasteiger partial charge in [0.05, 0.1) is 24.5 Å². The first-order valence-electron chi connectivity index (χ1n) is 17.5. The molecule has 52 heavy (non-hydrogen) atoms. The molecular formula is C38H56ClN3O9S. The highest BCUT2D eigenvalue weighted by molar-refractivity contribution is 7.99. The molecular weight excluding hydrogens is 710 g/mol. The van der Waals surface area contributed by atoms with Crippen LogP contribution in [0.1, 0.15) is 85.6 Å². The average molecular weight is 766 g/mol. The molecule has 3 amide bonds. The minimum Gasteiger partial charge on any atom is -0.495 e. The van der Waals surface area contributed by atoms with Crippen molar-refractivity contribution in [3.63, 3.8) is 0 Å². The predicted molar refractivity (Wildman–Crippen MR) is 204 cm³/mol. The molecule has 3 heterocycles. The Hall–Kier alpha value is -3.26. The SMILES string of the molecule is COc1cc2cc(c1Cl)N(C)C(=O)CC[C@]1(C)O[C@H]1[C@H](C)[C@@H]1C[C@](O)(C/C=C/C=C(\C)C2)NC(=O)O1.CSC(C)(C)CCC(=O)N(C)[C@@H](C)C(=O)O. The largest absolute Gasteiger partial charge is 0.495 e. The monoisotopic (exact) mass is 765 g/mol. The zero-order valence-corrected chi connectivity index (χ0v) is 33.7. The van der Waals surface area contributed by atoms with Crippen molar-refractivity contribution in [3.05, 3.63) is 46.5 Å². The second kappa shape index (κ2) is 17.7. The number of amides is 3. The van der Waals surface area contributed by atoms with Crippen LogP contribution in [0.3, 0.4) is 0 Å². The lowest BCUT2D eigenvalue weighted by Gasteiger charge is -2.38. The minimum absolute atomic E-state index is 0.0585. The highest BCUT2D eigenvalue weighted by atomic mass is 35.5. The van der Waals surface area contributed by atoms with E-state index in [1.807, 2.05) is 57.4 Å². The second-order valence-electron chi connectivity index (χ2n) is 14.9. The van der Waals surface area contributed by atoms with Crippen molar-refractivity contribution >= 4 is 52.9 Å². The highest BCUT2D eigenvalue weighted by Crippen LogP contribution is 2.47. The van der Waals surface area contributed by atoms with Gasteiger partial charge in [-0.15, -0.1) is 0 Å². The van der Waals surface area contributed by atoms with Crippen LogP contribution in [0.25, 0.3) is 0 Å². The molecule has 4 bridgehead atoms. The molecule has 14 heteroatoms. The number of ether oxygens (including phenoxy) is 3. The normalized spacial score (nSPS) is 28.7. The van der Waals surface area contributed by atoms with E-state index in [1.54, 1.807) is 30.8 Å². The summed E-state index contributed by atoms with van der Waals surface area (Å²) in [5, 5.41) is 22.8. The Morgan fingerprint density at radius 2 is 1.96 bits per heavy atom. The van der Waals surface area contributed by atoms with E-state index in [0.29, 0.717) is 35.7 Å². The van der Waals surface area contributed by atoms with Crippen LogP contribution in [0.4, 0.5) is 10.5 Å². The van der Waals surface area contributed by atoms with E-state index in [0.717, 1.165) is 17.6 Å². The van der Waals surface area contributed by atoms with Crippen LogP contribution < -0.4 is 15.0 Å². The Morgan fingerprint density at radius 1 is 1.29 bits per heavy atom. The van der Waals surface area contributed by atoms with Crippen molar-refractivity contribution in [2.75, 3.05) is 32.4 Å². The van der Waals surface area contributed by atoms with Crippen molar-refractivity contribution in [1.82, 2.24) is 10.2 Å². The number of methoxy groups -OCH3 is 1. The number of thioether (sulfide) groups is 1. The topological polar surface area (TPSA) is 158 Å². The van der Waals surface area contributed by atoms with Gasteiger partial charge >= 0.3 is 12.1 Å². The molecule has 3 N–H and O–H groups in total. The van der Waals surface area contributed by atoms with Gasteiger partial charge in [-0.25, -0.2) is 9.59 Å². The minimum atomic E-state index is -1.40. The average Bonchev–Trinajstić information content (AvgIpc) is 3.77. The number of alkyl carbamates (subject to hydrolysis) is 1. The zero-order valence-electron chi connectivity index (χ0n) is 32.1. The van der Waals surface area contributed by atoms with Crippen LogP contribution in [-0.4, -0.2) is 101 Å². The molecule has 0 aliphatic carbocycles. The van der Waals surface area contributed by atoms with Crippen molar-refractivity contribution in [2.45, 2.75) is 121 Å². The van der Waals surface area contributed by atoms with E-state index in [1.165, 1.54) is 18.9 Å². The Kier molecular flexibility index (Phi) is 14.7. The number of aliphatic hydroxyl groups is 1.